The molecular formula is C14H21F2NO3S. The molecule has 0 atom stereocenters. The lowest BCUT2D eigenvalue weighted by Gasteiger charge is -2.20. The second-order valence-electron chi connectivity index (χ2n) is 5.97. The van der Waals surface area contributed by atoms with Gasteiger partial charge in [0.1, 0.15) is 6.61 Å². The Kier molecular flexibility index (Phi) is 5.69. The van der Waals surface area contributed by atoms with E-state index in [0.717, 1.165) is 6.26 Å². The van der Waals surface area contributed by atoms with Crippen LogP contribution in [0.3, 0.4) is 0 Å². The van der Waals surface area contributed by atoms with Crippen LogP contribution in [0.5, 0.6) is 5.75 Å². The molecule has 0 aliphatic carbocycles. The summed E-state index contributed by atoms with van der Waals surface area (Å²) in [6.07, 6.45) is 1.03. The van der Waals surface area contributed by atoms with Crippen molar-refractivity contribution in [1.29, 1.82) is 0 Å². The van der Waals surface area contributed by atoms with Gasteiger partial charge >= 0.3 is 0 Å². The van der Waals surface area contributed by atoms with E-state index >= 15 is 0 Å². The minimum atomic E-state index is -3.23. The maximum absolute atomic E-state index is 13.8. The second-order valence-corrected chi connectivity index (χ2v) is 8.23. The van der Waals surface area contributed by atoms with E-state index in [4.69, 9.17) is 4.74 Å². The van der Waals surface area contributed by atoms with Crippen molar-refractivity contribution < 1.29 is 21.9 Å². The summed E-state index contributed by atoms with van der Waals surface area (Å²) in [7, 11) is -3.23. The van der Waals surface area contributed by atoms with Gasteiger partial charge in [-0.05, 0) is 38.5 Å². The van der Waals surface area contributed by atoms with Crippen molar-refractivity contribution in [3.63, 3.8) is 0 Å². The van der Waals surface area contributed by atoms with Crippen molar-refractivity contribution in [1.82, 2.24) is 5.32 Å². The number of benzene rings is 1. The Hall–Kier alpha value is -1.21. The summed E-state index contributed by atoms with van der Waals surface area (Å²) in [6.45, 7) is 5.88. The Balaban J connectivity index is 2.76. The summed E-state index contributed by atoms with van der Waals surface area (Å²) < 4.78 is 54.4. The molecule has 0 spiro atoms. The van der Waals surface area contributed by atoms with Gasteiger partial charge in [0.05, 0.1) is 5.75 Å². The first-order valence-corrected chi connectivity index (χ1v) is 8.57. The lowest BCUT2D eigenvalue weighted by atomic mass is 10.1. The third-order valence-electron chi connectivity index (χ3n) is 2.58. The van der Waals surface area contributed by atoms with Crippen LogP contribution < -0.4 is 10.1 Å². The molecule has 0 radical (unpaired) electrons. The molecule has 120 valence electrons. The lowest BCUT2D eigenvalue weighted by molar-refractivity contribution is 0.303. The van der Waals surface area contributed by atoms with Gasteiger partial charge in [0.15, 0.2) is 27.2 Å². The first-order valence-electron chi connectivity index (χ1n) is 6.51. The van der Waals surface area contributed by atoms with Crippen LogP contribution in [0.1, 0.15) is 26.3 Å². The summed E-state index contributed by atoms with van der Waals surface area (Å²) >= 11 is 0. The van der Waals surface area contributed by atoms with E-state index in [1.807, 2.05) is 20.8 Å². The van der Waals surface area contributed by atoms with E-state index in [0.29, 0.717) is 12.1 Å². The average molecular weight is 321 g/mol. The maximum Gasteiger partial charge on any atom is 0.190 e. The van der Waals surface area contributed by atoms with E-state index in [1.165, 1.54) is 12.1 Å². The summed E-state index contributed by atoms with van der Waals surface area (Å²) in [4.78, 5) is 0. The Bertz CT molecular complexity index is 572. The van der Waals surface area contributed by atoms with E-state index in [2.05, 4.69) is 5.32 Å². The smallest absolute Gasteiger partial charge is 0.190 e. The minimum Gasteiger partial charge on any atom is -0.487 e. The van der Waals surface area contributed by atoms with Crippen molar-refractivity contribution in [2.24, 2.45) is 0 Å². The molecule has 0 aliphatic rings. The van der Waals surface area contributed by atoms with Gasteiger partial charge in [0.25, 0.3) is 0 Å². The van der Waals surface area contributed by atoms with Gasteiger partial charge in [-0.3, -0.25) is 0 Å². The lowest BCUT2D eigenvalue weighted by Crippen LogP contribution is -2.35. The van der Waals surface area contributed by atoms with Crippen LogP contribution >= 0.6 is 0 Å². The van der Waals surface area contributed by atoms with Gasteiger partial charge in [-0.15, -0.1) is 0 Å². The summed E-state index contributed by atoms with van der Waals surface area (Å²) in [5, 5.41) is 3.12. The van der Waals surface area contributed by atoms with Crippen LogP contribution in [0.2, 0.25) is 0 Å². The molecule has 1 rings (SSSR count). The molecule has 0 amide bonds. The van der Waals surface area contributed by atoms with Crippen LogP contribution in [0.4, 0.5) is 8.78 Å². The normalized spacial score (nSPS) is 12.5. The fourth-order valence-corrected chi connectivity index (χ4v) is 1.90. The van der Waals surface area contributed by atoms with Crippen LogP contribution in [-0.4, -0.2) is 32.6 Å². The predicted octanol–water partition coefficient (Wildman–Crippen LogP) is 2.28. The molecule has 0 heterocycles. The maximum atomic E-state index is 13.8. The molecule has 7 heteroatoms. The fraction of sp³-hybridized carbons (Fsp3) is 0.571. The van der Waals surface area contributed by atoms with Gasteiger partial charge in [-0.2, -0.15) is 0 Å². The van der Waals surface area contributed by atoms with Gasteiger partial charge in [-0.25, -0.2) is 17.2 Å². The van der Waals surface area contributed by atoms with E-state index in [-0.39, 0.29) is 17.9 Å². The van der Waals surface area contributed by atoms with E-state index in [1.54, 1.807) is 0 Å². The van der Waals surface area contributed by atoms with Crippen molar-refractivity contribution in [2.45, 2.75) is 32.9 Å². The molecular weight excluding hydrogens is 300 g/mol. The quantitative estimate of drug-likeness (QED) is 0.873. The number of rotatable bonds is 6. The summed E-state index contributed by atoms with van der Waals surface area (Å²) in [5.74, 6) is -2.51. The zero-order chi connectivity index (χ0) is 16.3. The van der Waals surface area contributed by atoms with Crippen LogP contribution in [0, 0.1) is 11.6 Å². The Morgan fingerprint density at radius 2 is 1.71 bits per heavy atom. The molecule has 0 aromatic heterocycles. The number of ether oxygens (including phenoxy) is 1. The van der Waals surface area contributed by atoms with Crippen molar-refractivity contribution >= 4 is 9.84 Å². The Morgan fingerprint density at radius 3 is 2.14 bits per heavy atom. The third kappa shape index (κ3) is 6.86. The van der Waals surface area contributed by atoms with Crippen molar-refractivity contribution in [2.75, 3.05) is 18.6 Å². The topological polar surface area (TPSA) is 55.4 Å². The molecule has 4 nitrogen and oxygen atoms in total. The summed E-state index contributed by atoms with van der Waals surface area (Å²) in [6, 6.07) is 2.36. The molecule has 0 unspecified atom stereocenters. The monoisotopic (exact) mass is 321 g/mol. The molecule has 0 aliphatic heterocycles. The number of nitrogens with one attached hydrogen (secondary N) is 1. The molecule has 0 saturated heterocycles. The zero-order valence-corrected chi connectivity index (χ0v) is 13.5. The minimum absolute atomic E-state index is 0.169. The Labute approximate surface area is 124 Å². The first kappa shape index (κ1) is 17.8. The standard InChI is InChI=1S/C14H21F2NO3S/c1-14(2,3)17-9-10-7-11(15)13(12(16)8-10)20-5-6-21(4,18)19/h7-8,17H,5-6,9H2,1-4H3. The van der Waals surface area contributed by atoms with Crippen LogP contribution in [0.25, 0.3) is 0 Å². The molecule has 21 heavy (non-hydrogen) atoms. The summed E-state index contributed by atoms with van der Waals surface area (Å²) in [5.41, 5.74) is 0.285. The van der Waals surface area contributed by atoms with Gasteiger partial charge in [0, 0.05) is 18.3 Å². The predicted molar refractivity (Wildman–Crippen MR) is 78.2 cm³/mol. The Morgan fingerprint density at radius 1 is 1.19 bits per heavy atom. The molecule has 1 aromatic rings. The largest absolute Gasteiger partial charge is 0.487 e. The highest BCUT2D eigenvalue weighted by molar-refractivity contribution is 7.90. The van der Waals surface area contributed by atoms with Crippen LogP contribution in [0.15, 0.2) is 12.1 Å². The highest BCUT2D eigenvalue weighted by atomic mass is 32.2. The number of halogens is 2. The first-order chi connectivity index (χ1) is 9.48. The number of hydrogen-bond donors (Lipinski definition) is 1. The van der Waals surface area contributed by atoms with E-state index < -0.39 is 27.2 Å². The van der Waals surface area contributed by atoms with E-state index in [9.17, 15) is 17.2 Å². The highest BCUT2D eigenvalue weighted by Crippen LogP contribution is 2.23. The van der Waals surface area contributed by atoms with Gasteiger partial charge in [0.2, 0.25) is 0 Å². The fourth-order valence-electron chi connectivity index (χ4n) is 1.51. The highest BCUT2D eigenvalue weighted by Gasteiger charge is 2.15. The molecule has 1 N–H and O–H groups in total. The molecule has 0 bridgehead atoms. The zero-order valence-electron chi connectivity index (χ0n) is 12.7. The van der Waals surface area contributed by atoms with Crippen molar-refractivity contribution in [3.8, 4) is 5.75 Å². The number of sulfone groups is 1. The third-order valence-corrected chi connectivity index (χ3v) is 3.49. The van der Waals surface area contributed by atoms with Crippen LogP contribution in [-0.2, 0) is 16.4 Å². The average Bonchev–Trinajstić information content (AvgIpc) is 2.28. The van der Waals surface area contributed by atoms with Crippen molar-refractivity contribution in [3.05, 3.63) is 29.3 Å². The second kappa shape index (κ2) is 6.70. The van der Waals surface area contributed by atoms with Gasteiger partial charge < -0.3 is 10.1 Å². The number of hydrogen-bond acceptors (Lipinski definition) is 4. The SMILES string of the molecule is CC(C)(C)NCc1cc(F)c(OCCS(C)(=O)=O)c(F)c1. The molecule has 1 aromatic carbocycles. The van der Waals surface area contributed by atoms with Gasteiger partial charge in [-0.1, -0.05) is 0 Å². The molecule has 0 saturated carbocycles. The molecule has 0 fully saturated rings.